The van der Waals surface area contributed by atoms with Crippen LogP contribution in [-0.2, 0) is 29.0 Å². The number of esters is 2. The molecule has 9 nitrogen and oxygen atoms in total. The summed E-state index contributed by atoms with van der Waals surface area (Å²) in [7, 11) is -0.905. The lowest BCUT2D eigenvalue weighted by atomic mass is 10.1. The van der Waals surface area contributed by atoms with Gasteiger partial charge in [-0.2, -0.15) is 0 Å². The van der Waals surface area contributed by atoms with Gasteiger partial charge in [0.05, 0.1) is 29.4 Å². The number of hydrogen-bond donors (Lipinski definition) is 0. The highest BCUT2D eigenvalue weighted by Crippen LogP contribution is 2.28. The number of hydrogen-bond acceptors (Lipinski definition) is 8. The first-order valence-electron chi connectivity index (χ1n) is 9.01. The van der Waals surface area contributed by atoms with Gasteiger partial charge < -0.3 is 19.1 Å². The summed E-state index contributed by atoms with van der Waals surface area (Å²) in [6, 6.07) is 4.35. The first-order chi connectivity index (χ1) is 13.2. The number of nitrogens with zero attached hydrogens (tertiary/aromatic N) is 2. The molecule has 2 heterocycles. The minimum absolute atomic E-state index is 0.0242. The standard InChI is InChI=1S/C18H24N2O7S/c1-12-10-16(18(22)26-12)27-17(21)14-11-13(28(23,24)19(2)3)4-5-15(14)20-6-8-25-9-7-20/h4-5,11-12,16H,6-10H2,1-3H3/t12-,16-/m1/s1. The Morgan fingerprint density at radius 2 is 1.93 bits per heavy atom. The van der Waals surface area contributed by atoms with Crippen molar-refractivity contribution in [1.29, 1.82) is 0 Å². The SMILES string of the molecule is C[C@@H]1C[C@@H](OC(=O)c2cc(S(=O)(=O)N(C)C)ccc2N2CCOCC2)C(=O)O1. The lowest BCUT2D eigenvalue weighted by molar-refractivity contribution is -0.147. The quantitative estimate of drug-likeness (QED) is 0.649. The van der Waals surface area contributed by atoms with Crippen LogP contribution in [0.1, 0.15) is 23.7 Å². The van der Waals surface area contributed by atoms with Crippen molar-refractivity contribution in [3.8, 4) is 0 Å². The van der Waals surface area contributed by atoms with E-state index in [-0.39, 0.29) is 23.0 Å². The van der Waals surface area contributed by atoms with E-state index in [0.29, 0.717) is 32.0 Å². The largest absolute Gasteiger partial charge is 0.460 e. The number of anilines is 1. The molecule has 0 unspecified atom stereocenters. The molecule has 2 aliphatic rings. The van der Waals surface area contributed by atoms with Crippen molar-refractivity contribution in [1.82, 2.24) is 4.31 Å². The summed E-state index contributed by atoms with van der Waals surface area (Å²) in [6.07, 6.45) is -1.05. The lowest BCUT2D eigenvalue weighted by Gasteiger charge is -2.30. The minimum Gasteiger partial charge on any atom is -0.460 e. The van der Waals surface area contributed by atoms with Gasteiger partial charge >= 0.3 is 11.9 Å². The topological polar surface area (TPSA) is 102 Å². The number of morpholine rings is 1. The average molecular weight is 412 g/mol. The van der Waals surface area contributed by atoms with Crippen molar-refractivity contribution in [2.24, 2.45) is 0 Å². The molecule has 1 aromatic rings. The maximum Gasteiger partial charge on any atom is 0.347 e. The molecule has 3 rings (SSSR count). The minimum atomic E-state index is -3.74. The monoisotopic (exact) mass is 412 g/mol. The molecule has 0 N–H and O–H groups in total. The third-order valence-corrected chi connectivity index (χ3v) is 6.50. The number of carbonyl (C=O) groups is 2. The fraction of sp³-hybridized carbons (Fsp3) is 0.556. The van der Waals surface area contributed by atoms with Gasteiger partial charge in [0, 0.05) is 33.6 Å². The molecule has 1 aromatic carbocycles. The van der Waals surface area contributed by atoms with E-state index < -0.39 is 28.1 Å². The van der Waals surface area contributed by atoms with E-state index in [0.717, 1.165) is 4.31 Å². The molecule has 28 heavy (non-hydrogen) atoms. The predicted octanol–water partition coefficient (Wildman–Crippen LogP) is 0.634. The lowest BCUT2D eigenvalue weighted by Crippen LogP contribution is -2.37. The van der Waals surface area contributed by atoms with E-state index in [2.05, 4.69) is 0 Å². The van der Waals surface area contributed by atoms with Gasteiger partial charge in [-0.15, -0.1) is 0 Å². The summed E-state index contributed by atoms with van der Waals surface area (Å²) < 4.78 is 41.8. The third kappa shape index (κ3) is 4.13. The van der Waals surface area contributed by atoms with Crippen LogP contribution in [0.5, 0.6) is 0 Å². The Bertz CT molecular complexity index is 863. The molecular weight excluding hydrogens is 388 g/mol. The molecule has 0 saturated carbocycles. The highest BCUT2D eigenvalue weighted by Gasteiger charge is 2.36. The predicted molar refractivity (Wildman–Crippen MR) is 99.7 cm³/mol. The Balaban J connectivity index is 1.96. The molecule has 0 radical (unpaired) electrons. The van der Waals surface area contributed by atoms with Crippen LogP contribution in [0, 0.1) is 0 Å². The van der Waals surface area contributed by atoms with Gasteiger partial charge in [0.15, 0.2) is 0 Å². The molecule has 0 spiro atoms. The van der Waals surface area contributed by atoms with Crippen molar-refractivity contribution in [2.45, 2.75) is 30.4 Å². The Morgan fingerprint density at radius 1 is 1.25 bits per heavy atom. The summed E-state index contributed by atoms with van der Waals surface area (Å²) in [5.41, 5.74) is 0.641. The van der Waals surface area contributed by atoms with Crippen LogP contribution in [0.25, 0.3) is 0 Å². The number of rotatable bonds is 5. The van der Waals surface area contributed by atoms with E-state index in [1.54, 1.807) is 13.0 Å². The second-order valence-electron chi connectivity index (χ2n) is 6.94. The van der Waals surface area contributed by atoms with E-state index in [4.69, 9.17) is 14.2 Å². The van der Waals surface area contributed by atoms with Gasteiger partial charge in [0.1, 0.15) is 6.10 Å². The van der Waals surface area contributed by atoms with Gasteiger partial charge in [0.25, 0.3) is 0 Å². The Kier molecular flexibility index (Phi) is 5.92. The summed E-state index contributed by atoms with van der Waals surface area (Å²) >= 11 is 0. The van der Waals surface area contributed by atoms with E-state index in [1.807, 2.05) is 4.90 Å². The van der Waals surface area contributed by atoms with Crippen molar-refractivity contribution in [3.05, 3.63) is 23.8 Å². The molecular formula is C18H24N2O7S. The highest BCUT2D eigenvalue weighted by atomic mass is 32.2. The molecule has 2 aliphatic heterocycles. The van der Waals surface area contributed by atoms with Crippen LogP contribution in [0.2, 0.25) is 0 Å². The molecule has 0 aliphatic carbocycles. The van der Waals surface area contributed by atoms with Gasteiger partial charge in [-0.1, -0.05) is 0 Å². The number of ether oxygens (including phenoxy) is 3. The number of carbonyl (C=O) groups excluding carboxylic acids is 2. The van der Waals surface area contributed by atoms with Crippen molar-refractivity contribution in [3.63, 3.8) is 0 Å². The summed E-state index contributed by atoms with van der Waals surface area (Å²) in [4.78, 5) is 26.6. The molecule has 0 aromatic heterocycles. The van der Waals surface area contributed by atoms with Crippen LogP contribution in [-0.4, -0.2) is 77.3 Å². The van der Waals surface area contributed by atoms with Crippen LogP contribution in [0.3, 0.4) is 0 Å². The van der Waals surface area contributed by atoms with E-state index in [1.165, 1.54) is 26.2 Å². The smallest absolute Gasteiger partial charge is 0.347 e. The van der Waals surface area contributed by atoms with Crippen molar-refractivity contribution < 1.29 is 32.2 Å². The first-order valence-corrected chi connectivity index (χ1v) is 10.4. The zero-order valence-corrected chi connectivity index (χ0v) is 16.9. The van der Waals surface area contributed by atoms with Crippen LogP contribution in [0.4, 0.5) is 5.69 Å². The van der Waals surface area contributed by atoms with Crippen LogP contribution >= 0.6 is 0 Å². The fourth-order valence-corrected chi connectivity index (χ4v) is 4.07. The zero-order chi connectivity index (χ0) is 20.5. The van der Waals surface area contributed by atoms with Gasteiger partial charge in [0.2, 0.25) is 16.1 Å². The van der Waals surface area contributed by atoms with Crippen LogP contribution < -0.4 is 4.90 Å². The Hall–Kier alpha value is -2.17. The van der Waals surface area contributed by atoms with Crippen molar-refractivity contribution >= 4 is 27.6 Å². The maximum absolute atomic E-state index is 12.9. The van der Waals surface area contributed by atoms with Gasteiger partial charge in [-0.3, -0.25) is 0 Å². The fourth-order valence-electron chi connectivity index (χ4n) is 3.14. The summed E-state index contributed by atoms with van der Waals surface area (Å²) in [6.45, 7) is 3.83. The summed E-state index contributed by atoms with van der Waals surface area (Å²) in [5, 5.41) is 0. The Morgan fingerprint density at radius 3 is 2.50 bits per heavy atom. The molecule has 2 saturated heterocycles. The zero-order valence-electron chi connectivity index (χ0n) is 16.1. The number of sulfonamides is 1. The maximum atomic E-state index is 12.9. The third-order valence-electron chi connectivity index (χ3n) is 4.69. The molecule has 154 valence electrons. The Labute approximate surface area is 164 Å². The van der Waals surface area contributed by atoms with Crippen molar-refractivity contribution in [2.75, 3.05) is 45.3 Å². The molecule has 2 atom stereocenters. The highest BCUT2D eigenvalue weighted by molar-refractivity contribution is 7.89. The molecule has 2 fully saturated rings. The second-order valence-corrected chi connectivity index (χ2v) is 9.09. The molecule has 0 bridgehead atoms. The average Bonchev–Trinajstić information content (AvgIpc) is 2.98. The number of cyclic esters (lactones) is 1. The normalized spacial score (nSPS) is 23.0. The van der Waals surface area contributed by atoms with E-state index >= 15 is 0 Å². The summed E-state index contributed by atoms with van der Waals surface area (Å²) in [5.74, 6) is -1.35. The molecule has 10 heteroatoms. The first kappa shape index (κ1) is 20.6. The van der Waals surface area contributed by atoms with Gasteiger partial charge in [-0.25, -0.2) is 22.3 Å². The van der Waals surface area contributed by atoms with Crippen LogP contribution in [0.15, 0.2) is 23.1 Å². The van der Waals surface area contributed by atoms with E-state index in [9.17, 15) is 18.0 Å². The molecule has 0 amide bonds. The van der Waals surface area contributed by atoms with Gasteiger partial charge in [-0.05, 0) is 25.1 Å². The second kappa shape index (κ2) is 8.06. The number of benzene rings is 1.